The van der Waals surface area contributed by atoms with E-state index < -0.39 is 7.82 Å². The van der Waals surface area contributed by atoms with E-state index in [0.717, 1.165) is 0 Å². The molecule has 0 saturated carbocycles. The van der Waals surface area contributed by atoms with Crippen molar-refractivity contribution in [3.05, 3.63) is 0 Å². The summed E-state index contributed by atoms with van der Waals surface area (Å²) in [5.41, 5.74) is 15.4. The highest BCUT2D eigenvalue weighted by Gasteiger charge is 2.00. The Labute approximate surface area is 94.9 Å². The molecular formula is C3H12AlN6O4P. The van der Waals surface area contributed by atoms with Crippen molar-refractivity contribution >= 4 is 43.0 Å². The Kier molecular flexibility index (Phi) is 7.16. The van der Waals surface area contributed by atoms with Crippen LogP contribution in [0.2, 0.25) is 0 Å². The van der Waals surface area contributed by atoms with Crippen molar-refractivity contribution < 1.29 is 19.2 Å². The van der Waals surface area contributed by atoms with Crippen LogP contribution in [-0.4, -0.2) is 47.0 Å². The molecule has 0 bridgehead atoms. The molecule has 86 valence electrons. The van der Waals surface area contributed by atoms with Crippen LogP contribution < -0.4 is 17.2 Å². The molecule has 0 aliphatic carbocycles. The minimum Gasteiger partial charge on any atom is -0.368 e. The van der Waals surface area contributed by atoms with Gasteiger partial charge in [0, 0.05) is 0 Å². The van der Waals surface area contributed by atoms with E-state index in [2.05, 4.69) is 15.0 Å². The first-order valence-corrected chi connectivity index (χ1v) is 4.56. The van der Waals surface area contributed by atoms with Gasteiger partial charge >= 0.3 is 7.82 Å². The van der Waals surface area contributed by atoms with Crippen LogP contribution in [0.5, 0.6) is 0 Å². The third kappa shape index (κ3) is 13.1. The van der Waals surface area contributed by atoms with Crippen LogP contribution in [0.1, 0.15) is 0 Å². The average Bonchev–Trinajstić information content (AvgIpc) is 1.77. The van der Waals surface area contributed by atoms with Gasteiger partial charge in [0.05, 0.1) is 0 Å². The predicted octanol–water partition coefficient (Wildman–Crippen LogP) is -3.49. The molecule has 15 heavy (non-hydrogen) atoms. The maximum atomic E-state index is 8.88. The fraction of sp³-hybridized carbons (Fsp3) is 0. The van der Waals surface area contributed by atoms with Gasteiger partial charge in [0.15, 0.2) is 17.4 Å². The SMILES string of the molecule is Nc1nc(N)nc(N)n1.O=P(O)(O)O.[AlH3]. The molecule has 0 amide bonds. The number of hydrogen-bond donors (Lipinski definition) is 6. The lowest BCUT2D eigenvalue weighted by Crippen LogP contribution is -2.05. The number of anilines is 3. The monoisotopic (exact) mass is 254 g/mol. The Hall–Kier alpha value is -0.948. The van der Waals surface area contributed by atoms with E-state index in [-0.39, 0.29) is 35.2 Å². The van der Waals surface area contributed by atoms with Crippen LogP contribution in [-0.2, 0) is 4.57 Å². The van der Waals surface area contributed by atoms with Gasteiger partial charge in [-0.25, -0.2) is 4.57 Å². The average molecular weight is 254 g/mol. The number of phosphoric acid groups is 1. The van der Waals surface area contributed by atoms with E-state index in [0.29, 0.717) is 0 Å². The van der Waals surface area contributed by atoms with Gasteiger partial charge in [-0.1, -0.05) is 0 Å². The summed E-state index contributed by atoms with van der Waals surface area (Å²) in [5.74, 6) is 0.125. The lowest BCUT2D eigenvalue weighted by molar-refractivity contribution is 0.275. The van der Waals surface area contributed by atoms with E-state index in [1.807, 2.05) is 0 Å². The molecule has 1 aromatic rings. The van der Waals surface area contributed by atoms with Crippen molar-refractivity contribution in [1.29, 1.82) is 0 Å². The summed E-state index contributed by atoms with van der Waals surface area (Å²) in [5, 5.41) is 0. The zero-order valence-electron chi connectivity index (χ0n) is 6.77. The van der Waals surface area contributed by atoms with Crippen LogP contribution in [0.25, 0.3) is 0 Å². The Bertz CT molecular complexity index is 297. The highest BCUT2D eigenvalue weighted by Crippen LogP contribution is 2.25. The van der Waals surface area contributed by atoms with Gasteiger partial charge in [0.25, 0.3) is 0 Å². The molecule has 9 N–H and O–H groups in total. The summed E-state index contributed by atoms with van der Waals surface area (Å²) in [6, 6.07) is 0. The van der Waals surface area contributed by atoms with Crippen LogP contribution >= 0.6 is 7.82 Å². The quantitative estimate of drug-likeness (QED) is 0.199. The molecule has 12 heteroatoms. The second kappa shape index (κ2) is 6.52. The van der Waals surface area contributed by atoms with Crippen molar-refractivity contribution in [2.45, 2.75) is 0 Å². The highest BCUT2D eigenvalue weighted by molar-refractivity contribution is 7.45. The molecule has 0 fully saturated rings. The summed E-state index contributed by atoms with van der Waals surface area (Å²) >= 11 is 0. The second-order valence-corrected chi connectivity index (χ2v) is 2.95. The zero-order valence-corrected chi connectivity index (χ0v) is 7.67. The number of nitrogen functional groups attached to an aromatic ring is 3. The van der Waals surface area contributed by atoms with Crippen molar-refractivity contribution in [1.82, 2.24) is 15.0 Å². The van der Waals surface area contributed by atoms with E-state index in [4.69, 9.17) is 36.4 Å². The number of hydrogen-bond acceptors (Lipinski definition) is 7. The minimum absolute atomic E-state index is 0. The summed E-state index contributed by atoms with van der Waals surface area (Å²) in [6.07, 6.45) is 0. The van der Waals surface area contributed by atoms with Gasteiger partial charge < -0.3 is 31.9 Å². The molecule has 0 atom stereocenters. The standard InChI is InChI=1S/C3H6N6.Al.H3O4P.3H/c4-1-7-2(5)9-3(6)8-1;;1-5(2,3)4;;;/h(H6,4,5,6,7,8,9);;(H3,1,2,3,4);;;. The van der Waals surface area contributed by atoms with Crippen LogP contribution in [0.4, 0.5) is 17.8 Å². The summed E-state index contributed by atoms with van der Waals surface area (Å²) in [4.78, 5) is 32.0. The van der Waals surface area contributed by atoms with Gasteiger partial charge in [-0.05, 0) is 0 Å². The first kappa shape index (κ1) is 16.5. The number of nitrogens with zero attached hydrogens (tertiary/aromatic N) is 3. The molecule has 0 radical (unpaired) electrons. The summed E-state index contributed by atoms with van der Waals surface area (Å²) in [7, 11) is -4.64. The third-order valence-electron chi connectivity index (χ3n) is 0.687. The van der Waals surface area contributed by atoms with Crippen LogP contribution in [0.3, 0.4) is 0 Å². The third-order valence-corrected chi connectivity index (χ3v) is 0.687. The Morgan fingerprint density at radius 2 is 1.00 bits per heavy atom. The molecule has 0 aliphatic heterocycles. The lowest BCUT2D eigenvalue weighted by Gasteiger charge is -1.93. The number of rotatable bonds is 0. The van der Waals surface area contributed by atoms with Gasteiger partial charge in [-0.15, -0.1) is 0 Å². The van der Waals surface area contributed by atoms with Crippen molar-refractivity contribution in [3.63, 3.8) is 0 Å². The topological polar surface area (TPSA) is 194 Å². The Morgan fingerprint density at radius 1 is 0.867 bits per heavy atom. The first-order chi connectivity index (χ1) is 6.18. The molecule has 0 aliphatic rings. The molecular weight excluding hydrogens is 242 g/mol. The van der Waals surface area contributed by atoms with Crippen molar-refractivity contribution in [2.75, 3.05) is 17.2 Å². The van der Waals surface area contributed by atoms with Gasteiger partial charge in [0.2, 0.25) is 17.8 Å². The number of aromatic nitrogens is 3. The van der Waals surface area contributed by atoms with E-state index in [9.17, 15) is 0 Å². The van der Waals surface area contributed by atoms with E-state index in [1.54, 1.807) is 0 Å². The molecule has 1 rings (SSSR count). The Morgan fingerprint density at radius 3 is 1.13 bits per heavy atom. The summed E-state index contributed by atoms with van der Waals surface area (Å²) < 4.78 is 8.88. The molecule has 10 nitrogen and oxygen atoms in total. The molecule has 0 saturated heterocycles. The van der Waals surface area contributed by atoms with Crippen LogP contribution in [0.15, 0.2) is 0 Å². The predicted molar refractivity (Wildman–Crippen MR) is 57.3 cm³/mol. The zero-order chi connectivity index (χ0) is 11.4. The molecule has 0 unspecified atom stereocenters. The van der Waals surface area contributed by atoms with E-state index in [1.165, 1.54) is 0 Å². The molecule has 1 heterocycles. The van der Waals surface area contributed by atoms with Crippen molar-refractivity contribution in [3.8, 4) is 0 Å². The molecule has 0 aromatic carbocycles. The van der Waals surface area contributed by atoms with Gasteiger partial charge in [-0.2, -0.15) is 15.0 Å². The minimum atomic E-state index is -4.64. The normalized spacial score (nSPS) is 9.53. The largest absolute Gasteiger partial charge is 0.466 e. The second-order valence-electron chi connectivity index (χ2n) is 1.92. The smallest absolute Gasteiger partial charge is 0.368 e. The van der Waals surface area contributed by atoms with Gasteiger partial charge in [0.1, 0.15) is 0 Å². The Balaban J connectivity index is 0. The van der Waals surface area contributed by atoms with Gasteiger partial charge in [-0.3, -0.25) is 0 Å². The highest BCUT2D eigenvalue weighted by atomic mass is 31.2. The maximum Gasteiger partial charge on any atom is 0.466 e. The van der Waals surface area contributed by atoms with Crippen molar-refractivity contribution in [2.24, 2.45) is 0 Å². The fourth-order valence-electron chi connectivity index (χ4n) is 0.427. The first-order valence-electron chi connectivity index (χ1n) is 2.99. The molecule has 1 aromatic heterocycles. The summed E-state index contributed by atoms with van der Waals surface area (Å²) in [6.45, 7) is 0. The van der Waals surface area contributed by atoms with Crippen LogP contribution in [0, 0.1) is 0 Å². The number of nitrogens with two attached hydrogens (primary N) is 3. The molecule has 0 spiro atoms. The lowest BCUT2D eigenvalue weighted by atomic mass is 10.9. The fourth-order valence-corrected chi connectivity index (χ4v) is 0.427. The maximum absolute atomic E-state index is 8.88. The van der Waals surface area contributed by atoms with E-state index >= 15 is 0 Å².